The number of hydrogen-bond acceptors (Lipinski definition) is 5. The summed E-state index contributed by atoms with van der Waals surface area (Å²) in [6.07, 6.45) is 2.64. The fourth-order valence-electron chi connectivity index (χ4n) is 2.08. The van der Waals surface area contributed by atoms with Crippen LogP contribution in [0.3, 0.4) is 0 Å². The highest BCUT2D eigenvalue weighted by Crippen LogP contribution is 2.31. The van der Waals surface area contributed by atoms with Crippen LogP contribution in [-0.2, 0) is 0 Å². The van der Waals surface area contributed by atoms with Crippen molar-refractivity contribution in [2.24, 2.45) is 5.92 Å². The molecule has 1 heterocycles. The largest absolute Gasteiger partial charge is 0.341 e. The monoisotopic (exact) mass is 283 g/mol. The predicted molar refractivity (Wildman–Crippen MR) is 79.0 cm³/mol. The molecule has 0 aliphatic heterocycles. The molecule has 0 saturated heterocycles. The highest BCUT2D eigenvalue weighted by molar-refractivity contribution is 6.28. The molecule has 1 fully saturated rings. The van der Waals surface area contributed by atoms with Crippen LogP contribution in [0.2, 0.25) is 5.28 Å². The molecule has 0 unspecified atom stereocenters. The van der Waals surface area contributed by atoms with Crippen LogP contribution >= 0.6 is 11.6 Å². The highest BCUT2D eigenvalue weighted by Gasteiger charge is 2.25. The second-order valence-electron chi connectivity index (χ2n) is 4.86. The van der Waals surface area contributed by atoms with E-state index in [1.807, 2.05) is 0 Å². The SMILES string of the molecule is CCN(CC)c1nc(Cl)nc(N(CC)CC2CC2)n1. The maximum Gasteiger partial charge on any atom is 0.231 e. The van der Waals surface area contributed by atoms with E-state index in [4.69, 9.17) is 11.6 Å². The van der Waals surface area contributed by atoms with Crippen molar-refractivity contribution in [1.29, 1.82) is 0 Å². The number of hydrogen-bond donors (Lipinski definition) is 0. The van der Waals surface area contributed by atoms with Gasteiger partial charge >= 0.3 is 0 Å². The second-order valence-corrected chi connectivity index (χ2v) is 5.20. The van der Waals surface area contributed by atoms with Gasteiger partial charge in [0.05, 0.1) is 0 Å². The number of aromatic nitrogens is 3. The Hall–Kier alpha value is -1.10. The van der Waals surface area contributed by atoms with Gasteiger partial charge in [-0.05, 0) is 51.1 Å². The van der Waals surface area contributed by atoms with Gasteiger partial charge in [0.25, 0.3) is 0 Å². The first-order chi connectivity index (χ1) is 9.17. The van der Waals surface area contributed by atoms with Crippen molar-refractivity contribution in [3.63, 3.8) is 0 Å². The minimum atomic E-state index is 0.279. The zero-order valence-electron chi connectivity index (χ0n) is 11.9. The van der Waals surface area contributed by atoms with Gasteiger partial charge in [-0.2, -0.15) is 15.0 Å². The lowest BCUT2D eigenvalue weighted by Gasteiger charge is -2.23. The van der Waals surface area contributed by atoms with Crippen LogP contribution in [-0.4, -0.2) is 41.1 Å². The molecule has 2 rings (SSSR count). The minimum Gasteiger partial charge on any atom is -0.341 e. The van der Waals surface area contributed by atoms with Crippen molar-refractivity contribution in [1.82, 2.24) is 15.0 Å². The zero-order valence-corrected chi connectivity index (χ0v) is 12.7. The van der Waals surface area contributed by atoms with Gasteiger partial charge in [-0.3, -0.25) is 0 Å². The normalized spacial score (nSPS) is 14.5. The molecule has 1 aliphatic rings. The summed E-state index contributed by atoms with van der Waals surface area (Å²) in [7, 11) is 0. The summed E-state index contributed by atoms with van der Waals surface area (Å²) in [5, 5.41) is 0.279. The molecule has 1 aromatic heterocycles. The van der Waals surface area contributed by atoms with Crippen LogP contribution in [0.5, 0.6) is 0 Å². The Bertz CT molecular complexity index is 417. The maximum absolute atomic E-state index is 6.05. The summed E-state index contributed by atoms with van der Waals surface area (Å²) in [6.45, 7) is 9.95. The van der Waals surface area contributed by atoms with Crippen molar-refractivity contribution in [2.45, 2.75) is 33.6 Å². The fraction of sp³-hybridized carbons (Fsp3) is 0.769. The third-order valence-electron chi connectivity index (χ3n) is 3.47. The van der Waals surface area contributed by atoms with Crippen molar-refractivity contribution < 1.29 is 0 Å². The first-order valence-electron chi connectivity index (χ1n) is 7.09. The molecule has 5 nitrogen and oxygen atoms in total. The zero-order chi connectivity index (χ0) is 13.8. The lowest BCUT2D eigenvalue weighted by Crippen LogP contribution is -2.30. The number of nitrogens with zero attached hydrogens (tertiary/aromatic N) is 5. The molecule has 19 heavy (non-hydrogen) atoms. The van der Waals surface area contributed by atoms with E-state index >= 15 is 0 Å². The Balaban J connectivity index is 2.22. The van der Waals surface area contributed by atoms with Crippen molar-refractivity contribution in [2.75, 3.05) is 36.0 Å². The molecule has 6 heteroatoms. The number of rotatable bonds is 7. The summed E-state index contributed by atoms with van der Waals surface area (Å²) in [4.78, 5) is 17.4. The van der Waals surface area contributed by atoms with Crippen LogP contribution in [0.4, 0.5) is 11.9 Å². The lowest BCUT2D eigenvalue weighted by atomic mass is 10.4. The van der Waals surface area contributed by atoms with Crippen molar-refractivity contribution in [3.8, 4) is 0 Å². The Morgan fingerprint density at radius 1 is 0.947 bits per heavy atom. The molecule has 0 amide bonds. The van der Waals surface area contributed by atoms with Gasteiger partial charge in [-0.15, -0.1) is 0 Å². The molecule has 1 saturated carbocycles. The molecule has 1 aliphatic carbocycles. The van der Waals surface area contributed by atoms with Gasteiger partial charge in [-0.1, -0.05) is 0 Å². The van der Waals surface area contributed by atoms with Crippen LogP contribution in [0.1, 0.15) is 33.6 Å². The van der Waals surface area contributed by atoms with Crippen LogP contribution < -0.4 is 9.80 Å². The van der Waals surface area contributed by atoms with Crippen LogP contribution in [0.25, 0.3) is 0 Å². The average molecular weight is 284 g/mol. The first kappa shape index (κ1) is 14.3. The van der Waals surface area contributed by atoms with E-state index in [9.17, 15) is 0 Å². The Morgan fingerprint density at radius 3 is 1.95 bits per heavy atom. The van der Waals surface area contributed by atoms with E-state index in [2.05, 4.69) is 45.5 Å². The van der Waals surface area contributed by atoms with E-state index in [-0.39, 0.29) is 5.28 Å². The van der Waals surface area contributed by atoms with Gasteiger partial charge in [-0.25, -0.2) is 0 Å². The Morgan fingerprint density at radius 2 is 1.47 bits per heavy atom. The van der Waals surface area contributed by atoms with E-state index in [0.717, 1.165) is 32.1 Å². The number of halogens is 1. The quantitative estimate of drug-likeness (QED) is 0.770. The van der Waals surface area contributed by atoms with E-state index < -0.39 is 0 Å². The van der Waals surface area contributed by atoms with Gasteiger partial charge in [0.2, 0.25) is 17.2 Å². The number of anilines is 2. The minimum absolute atomic E-state index is 0.279. The van der Waals surface area contributed by atoms with Crippen molar-refractivity contribution >= 4 is 23.5 Å². The molecule has 0 spiro atoms. The molecule has 0 N–H and O–H groups in total. The summed E-state index contributed by atoms with van der Waals surface area (Å²) < 4.78 is 0. The van der Waals surface area contributed by atoms with E-state index in [0.29, 0.717) is 11.9 Å². The molecule has 106 valence electrons. The topological polar surface area (TPSA) is 45.2 Å². The molecule has 0 aromatic carbocycles. The smallest absolute Gasteiger partial charge is 0.231 e. The first-order valence-corrected chi connectivity index (χ1v) is 7.47. The van der Waals surface area contributed by atoms with Crippen molar-refractivity contribution in [3.05, 3.63) is 5.28 Å². The maximum atomic E-state index is 6.05. The summed E-state index contributed by atoms with van der Waals surface area (Å²) >= 11 is 6.05. The van der Waals surface area contributed by atoms with Crippen LogP contribution in [0, 0.1) is 5.92 Å². The van der Waals surface area contributed by atoms with E-state index in [1.165, 1.54) is 12.8 Å². The standard InChI is InChI=1S/C13H22ClN5/c1-4-18(5-2)12-15-11(14)16-13(17-12)19(6-3)9-10-7-8-10/h10H,4-9H2,1-3H3. The summed E-state index contributed by atoms with van der Waals surface area (Å²) in [5.41, 5.74) is 0. The van der Waals surface area contributed by atoms with Gasteiger partial charge in [0, 0.05) is 26.2 Å². The third kappa shape index (κ3) is 3.69. The third-order valence-corrected chi connectivity index (χ3v) is 3.64. The summed E-state index contributed by atoms with van der Waals surface area (Å²) in [6, 6.07) is 0. The second kappa shape index (κ2) is 6.37. The van der Waals surface area contributed by atoms with E-state index in [1.54, 1.807) is 0 Å². The molecule has 0 bridgehead atoms. The Kier molecular flexibility index (Phi) is 4.80. The Labute approximate surface area is 120 Å². The fourth-order valence-corrected chi connectivity index (χ4v) is 2.23. The van der Waals surface area contributed by atoms with Gasteiger partial charge < -0.3 is 9.80 Å². The molecule has 1 aromatic rings. The molecule has 0 radical (unpaired) electrons. The predicted octanol–water partition coefficient (Wildman–Crippen LogP) is 2.61. The lowest BCUT2D eigenvalue weighted by molar-refractivity contribution is 0.710. The van der Waals surface area contributed by atoms with Gasteiger partial charge in [0.15, 0.2) is 0 Å². The average Bonchev–Trinajstić information content (AvgIpc) is 3.20. The highest BCUT2D eigenvalue weighted by atomic mass is 35.5. The van der Waals surface area contributed by atoms with Crippen LogP contribution in [0.15, 0.2) is 0 Å². The molecular formula is C13H22ClN5. The summed E-state index contributed by atoms with van der Waals surface area (Å²) in [5.74, 6) is 2.18. The van der Waals surface area contributed by atoms with Gasteiger partial charge in [0.1, 0.15) is 0 Å². The molecule has 0 atom stereocenters. The molecular weight excluding hydrogens is 262 g/mol.